The highest BCUT2D eigenvalue weighted by Gasteiger charge is 2.21. The van der Waals surface area contributed by atoms with Crippen molar-refractivity contribution in [3.8, 4) is 0 Å². The third-order valence-electron chi connectivity index (χ3n) is 2.84. The van der Waals surface area contributed by atoms with E-state index in [2.05, 4.69) is 10.3 Å². The molecule has 0 saturated carbocycles. The molecule has 1 fully saturated rings. The molecule has 0 radical (unpaired) electrons. The van der Waals surface area contributed by atoms with Gasteiger partial charge in [-0.05, 0) is 24.5 Å². The van der Waals surface area contributed by atoms with E-state index in [0.29, 0.717) is 19.0 Å². The first-order valence-corrected chi connectivity index (χ1v) is 5.83. The summed E-state index contributed by atoms with van der Waals surface area (Å²) in [6.07, 6.45) is 3.50. The largest absolute Gasteiger partial charge is 0.381 e. The maximum absolute atomic E-state index is 11.9. The predicted octanol–water partition coefficient (Wildman–Crippen LogP) is 0.905. The van der Waals surface area contributed by atoms with E-state index in [9.17, 15) is 4.79 Å². The Labute approximate surface area is 100 Å². The molecule has 2 rings (SSSR count). The van der Waals surface area contributed by atoms with Gasteiger partial charge >= 0.3 is 0 Å². The zero-order chi connectivity index (χ0) is 12.1. The number of hydrogen-bond acceptors (Lipinski definition) is 4. The second-order valence-electron chi connectivity index (χ2n) is 4.16. The maximum Gasteiger partial charge on any atom is 0.230 e. The van der Waals surface area contributed by atoms with E-state index in [1.54, 1.807) is 12.3 Å². The van der Waals surface area contributed by atoms with Gasteiger partial charge in [0.15, 0.2) is 0 Å². The fraction of sp³-hybridized carbons (Fsp3) is 0.500. The van der Waals surface area contributed by atoms with E-state index >= 15 is 0 Å². The lowest BCUT2D eigenvalue weighted by atomic mass is 10.0. The molecule has 1 unspecified atom stereocenters. The number of hydrogen-bond donors (Lipinski definition) is 2. The molecule has 0 aromatic carbocycles. The van der Waals surface area contributed by atoms with Gasteiger partial charge in [-0.2, -0.15) is 0 Å². The molecule has 92 valence electrons. The van der Waals surface area contributed by atoms with Gasteiger partial charge in [-0.25, -0.2) is 4.98 Å². The predicted molar refractivity (Wildman–Crippen MR) is 64.3 cm³/mol. The zero-order valence-electron chi connectivity index (χ0n) is 9.69. The second kappa shape index (κ2) is 5.75. The Morgan fingerprint density at radius 3 is 3.06 bits per heavy atom. The van der Waals surface area contributed by atoms with Gasteiger partial charge in [-0.1, -0.05) is 6.07 Å². The molecule has 2 heterocycles. The quantitative estimate of drug-likeness (QED) is 0.816. The Bertz CT molecular complexity index is 372. The van der Waals surface area contributed by atoms with Crippen LogP contribution in [0.4, 0.5) is 5.82 Å². The number of nitrogens with one attached hydrogen (secondary N) is 1. The molecular formula is C12H17N3O2. The highest BCUT2D eigenvalue weighted by Crippen LogP contribution is 2.15. The number of nitrogens with zero attached hydrogens (tertiary/aromatic N) is 1. The lowest BCUT2D eigenvalue weighted by molar-refractivity contribution is -0.123. The fourth-order valence-corrected chi connectivity index (χ4v) is 1.79. The summed E-state index contributed by atoms with van der Waals surface area (Å²) < 4.78 is 5.28. The van der Waals surface area contributed by atoms with Crippen LogP contribution in [0.2, 0.25) is 0 Å². The highest BCUT2D eigenvalue weighted by atomic mass is 16.5. The third kappa shape index (κ3) is 3.25. The molecular weight excluding hydrogens is 218 g/mol. The van der Waals surface area contributed by atoms with Crippen LogP contribution >= 0.6 is 0 Å². The van der Waals surface area contributed by atoms with Crippen molar-refractivity contribution in [2.75, 3.05) is 18.5 Å². The Morgan fingerprint density at radius 1 is 1.59 bits per heavy atom. The van der Waals surface area contributed by atoms with Crippen LogP contribution in [0, 0.1) is 5.92 Å². The lowest BCUT2D eigenvalue weighted by Gasteiger charge is -2.20. The van der Waals surface area contributed by atoms with E-state index in [1.165, 1.54) is 0 Å². The number of anilines is 1. The molecule has 1 aliphatic rings. The summed E-state index contributed by atoms with van der Waals surface area (Å²) >= 11 is 0. The summed E-state index contributed by atoms with van der Waals surface area (Å²) in [5, 5.41) is 2.79. The van der Waals surface area contributed by atoms with Crippen molar-refractivity contribution in [1.29, 1.82) is 0 Å². The zero-order valence-corrected chi connectivity index (χ0v) is 9.69. The van der Waals surface area contributed by atoms with Crippen molar-refractivity contribution < 1.29 is 9.53 Å². The van der Waals surface area contributed by atoms with Crippen LogP contribution in [0.1, 0.15) is 18.4 Å². The van der Waals surface area contributed by atoms with Gasteiger partial charge in [0, 0.05) is 19.3 Å². The van der Waals surface area contributed by atoms with E-state index in [-0.39, 0.29) is 11.8 Å². The Balaban J connectivity index is 1.92. The van der Waals surface area contributed by atoms with Crippen molar-refractivity contribution in [3.05, 3.63) is 23.9 Å². The first kappa shape index (κ1) is 12.0. The van der Waals surface area contributed by atoms with Gasteiger partial charge in [0.25, 0.3) is 0 Å². The van der Waals surface area contributed by atoms with Crippen molar-refractivity contribution >= 4 is 11.7 Å². The minimum Gasteiger partial charge on any atom is -0.381 e. The summed E-state index contributed by atoms with van der Waals surface area (Å²) in [7, 11) is 0. The number of pyridine rings is 1. The number of ether oxygens (including phenoxy) is 1. The van der Waals surface area contributed by atoms with E-state index in [1.807, 2.05) is 6.07 Å². The molecule has 17 heavy (non-hydrogen) atoms. The Morgan fingerprint density at radius 2 is 2.47 bits per heavy atom. The van der Waals surface area contributed by atoms with Crippen molar-refractivity contribution in [3.63, 3.8) is 0 Å². The normalized spacial score (nSPS) is 19.9. The first-order valence-electron chi connectivity index (χ1n) is 5.83. The summed E-state index contributed by atoms with van der Waals surface area (Å²) in [4.78, 5) is 16.0. The standard InChI is InChI=1S/C12H17N3O2/c13-6-9-3-4-11(14-7-9)15-12(16)10-2-1-5-17-8-10/h3-4,7,10H,1-2,5-6,8,13H2,(H,14,15,16). The maximum atomic E-state index is 11.9. The Hall–Kier alpha value is -1.46. The van der Waals surface area contributed by atoms with Gasteiger partial charge in [0.2, 0.25) is 5.91 Å². The minimum atomic E-state index is -0.0558. The highest BCUT2D eigenvalue weighted by molar-refractivity contribution is 5.91. The number of rotatable bonds is 3. The minimum absolute atomic E-state index is 0.0160. The SMILES string of the molecule is NCc1ccc(NC(=O)C2CCCOC2)nc1. The molecule has 0 spiro atoms. The number of amides is 1. The fourth-order valence-electron chi connectivity index (χ4n) is 1.79. The van der Waals surface area contributed by atoms with Crippen molar-refractivity contribution in [2.24, 2.45) is 11.7 Å². The number of aromatic nitrogens is 1. The smallest absolute Gasteiger partial charge is 0.230 e. The average molecular weight is 235 g/mol. The van der Waals surface area contributed by atoms with Gasteiger partial charge in [-0.3, -0.25) is 4.79 Å². The van der Waals surface area contributed by atoms with Crippen molar-refractivity contribution in [1.82, 2.24) is 4.98 Å². The summed E-state index contributed by atoms with van der Waals surface area (Å²) in [5.41, 5.74) is 6.42. The molecule has 0 bridgehead atoms. The molecule has 1 atom stereocenters. The monoisotopic (exact) mass is 235 g/mol. The molecule has 3 N–H and O–H groups in total. The van der Waals surface area contributed by atoms with Crippen LogP contribution in [0.25, 0.3) is 0 Å². The second-order valence-corrected chi connectivity index (χ2v) is 4.16. The summed E-state index contributed by atoms with van der Waals surface area (Å²) in [6.45, 7) is 1.72. The number of carbonyl (C=O) groups excluding carboxylic acids is 1. The van der Waals surface area contributed by atoms with Crippen molar-refractivity contribution in [2.45, 2.75) is 19.4 Å². The third-order valence-corrected chi connectivity index (χ3v) is 2.84. The van der Waals surface area contributed by atoms with E-state index in [0.717, 1.165) is 25.0 Å². The van der Waals surface area contributed by atoms with E-state index < -0.39 is 0 Å². The topological polar surface area (TPSA) is 77.2 Å². The number of nitrogens with two attached hydrogens (primary N) is 1. The molecule has 5 heteroatoms. The first-order chi connectivity index (χ1) is 8.29. The van der Waals surface area contributed by atoms with Crippen LogP contribution in [0.5, 0.6) is 0 Å². The van der Waals surface area contributed by atoms with Crippen LogP contribution < -0.4 is 11.1 Å². The van der Waals surface area contributed by atoms with Crippen LogP contribution in [-0.2, 0) is 16.1 Å². The molecule has 1 aromatic heterocycles. The van der Waals surface area contributed by atoms with Gasteiger partial charge in [-0.15, -0.1) is 0 Å². The molecule has 5 nitrogen and oxygen atoms in total. The van der Waals surface area contributed by atoms with Gasteiger partial charge in [0.1, 0.15) is 5.82 Å². The van der Waals surface area contributed by atoms with Gasteiger partial charge in [0.05, 0.1) is 12.5 Å². The van der Waals surface area contributed by atoms with Crippen LogP contribution in [0.3, 0.4) is 0 Å². The molecule has 1 aliphatic heterocycles. The molecule has 1 amide bonds. The molecule has 1 saturated heterocycles. The molecule has 0 aliphatic carbocycles. The summed E-state index contributed by atoms with van der Waals surface area (Å²) in [6, 6.07) is 3.63. The van der Waals surface area contributed by atoms with Crippen LogP contribution in [-0.4, -0.2) is 24.1 Å². The van der Waals surface area contributed by atoms with Crippen LogP contribution in [0.15, 0.2) is 18.3 Å². The lowest BCUT2D eigenvalue weighted by Crippen LogP contribution is -2.30. The average Bonchev–Trinajstić information content (AvgIpc) is 2.40. The molecule has 1 aromatic rings. The van der Waals surface area contributed by atoms with Gasteiger partial charge < -0.3 is 15.8 Å². The number of carbonyl (C=O) groups is 1. The Kier molecular flexibility index (Phi) is 4.06. The summed E-state index contributed by atoms with van der Waals surface area (Å²) in [5.74, 6) is 0.496. The van der Waals surface area contributed by atoms with E-state index in [4.69, 9.17) is 10.5 Å².